The number of hydrogen-bond donors (Lipinski definition) is 0. The molecule has 0 spiro atoms. The number of allylic oxidation sites excluding steroid dienone is 1. The Kier molecular flexibility index (Phi) is 18.2. The van der Waals surface area contributed by atoms with Crippen LogP contribution in [0.15, 0.2) is 97.1 Å². The Labute approximate surface area is 301 Å². The summed E-state index contributed by atoms with van der Waals surface area (Å²) in [6.07, 6.45) is 17.1. The number of unbranched alkanes of at least 4 members (excludes halogenated alkanes) is 3. The molecule has 0 aliphatic heterocycles. The van der Waals surface area contributed by atoms with E-state index in [2.05, 4.69) is 130 Å². The van der Waals surface area contributed by atoms with Gasteiger partial charge in [0.05, 0.1) is 0 Å². The maximum absolute atomic E-state index is 3.94. The first kappa shape index (κ1) is 40.4. The van der Waals surface area contributed by atoms with Crippen molar-refractivity contribution in [3.05, 3.63) is 131 Å². The van der Waals surface area contributed by atoms with Crippen LogP contribution in [0.5, 0.6) is 0 Å². The van der Waals surface area contributed by atoms with E-state index in [-0.39, 0.29) is 64.5 Å². The molecule has 0 amide bonds. The normalized spacial score (nSPS) is 13.1. The molecule has 0 fully saturated rings. The zero-order valence-electron chi connectivity index (χ0n) is 26.4. The van der Waals surface area contributed by atoms with Gasteiger partial charge in [-0.3, -0.25) is 6.08 Å². The van der Waals surface area contributed by atoms with Crippen LogP contribution < -0.4 is 52.8 Å². The Morgan fingerprint density at radius 1 is 0.523 bits per heavy atom. The molecular formula is C39H45Cl3SiTi. The molecule has 230 valence electrons. The van der Waals surface area contributed by atoms with E-state index in [1.54, 1.807) is 0 Å². The number of rotatable bonds is 13. The van der Waals surface area contributed by atoms with Gasteiger partial charge in [0, 0.05) is 0 Å². The van der Waals surface area contributed by atoms with Crippen molar-refractivity contribution in [2.24, 2.45) is 0 Å². The minimum Gasteiger partial charge on any atom is -1.00 e. The molecular weight excluding hydrogens is 651 g/mol. The SMILES string of the molecule is CCCCc1ccc([Si](c2ccc(CCCC)cc2)(c2ccc(CCCC)cc2)C2[C-]=Cc3ccccc32)cc1.[Cl-].[Cl-].[Cl-].[Ti+4]. The summed E-state index contributed by atoms with van der Waals surface area (Å²) in [5.74, 6) is 0. The Morgan fingerprint density at radius 2 is 0.886 bits per heavy atom. The summed E-state index contributed by atoms with van der Waals surface area (Å²) >= 11 is 0. The molecule has 4 aromatic carbocycles. The zero-order valence-corrected chi connectivity index (χ0v) is 31.2. The first-order valence-electron chi connectivity index (χ1n) is 15.7. The van der Waals surface area contributed by atoms with E-state index >= 15 is 0 Å². The predicted molar refractivity (Wildman–Crippen MR) is 177 cm³/mol. The number of fused-ring (bicyclic) bond motifs is 1. The van der Waals surface area contributed by atoms with Crippen LogP contribution in [-0.4, -0.2) is 8.07 Å². The van der Waals surface area contributed by atoms with Gasteiger partial charge in [-0.1, -0.05) is 137 Å². The van der Waals surface area contributed by atoms with Crippen LogP contribution in [0.2, 0.25) is 0 Å². The molecule has 0 radical (unpaired) electrons. The Balaban J connectivity index is 0.00000242. The standard InChI is InChI=1S/C39H45Si.3ClH.Ti/c1-4-7-12-31-17-24-35(25-18-31)40(36-26-19-32(20-27-36)13-8-5-2,37-28-21-33(22-29-37)14-9-6-3)39-30-23-34-15-10-11-16-38(34)39;;;;/h10-11,15-29,39H,4-9,12-14H2,1-3H3;3*1H;/q-1;;;;+4/p-3. The van der Waals surface area contributed by atoms with E-state index in [4.69, 9.17) is 0 Å². The quantitative estimate of drug-likeness (QED) is 0.0992. The average Bonchev–Trinajstić information content (AvgIpc) is 3.44. The number of aryl methyl sites for hydroxylation is 3. The fourth-order valence-corrected chi connectivity index (χ4v) is 11.6. The van der Waals surface area contributed by atoms with Crippen LogP contribution in [0.3, 0.4) is 0 Å². The van der Waals surface area contributed by atoms with E-state index in [1.165, 1.54) is 81.9 Å². The predicted octanol–water partition coefficient (Wildman–Crippen LogP) is -0.653. The monoisotopic (exact) mass is 694 g/mol. The van der Waals surface area contributed by atoms with Crippen LogP contribution in [-0.2, 0) is 41.0 Å². The second-order valence-electron chi connectivity index (χ2n) is 11.6. The van der Waals surface area contributed by atoms with Crippen molar-refractivity contribution in [3.63, 3.8) is 0 Å². The molecule has 0 nitrogen and oxygen atoms in total. The van der Waals surface area contributed by atoms with Gasteiger partial charge >= 0.3 is 21.7 Å². The Morgan fingerprint density at radius 3 is 1.25 bits per heavy atom. The van der Waals surface area contributed by atoms with Gasteiger partial charge in [-0.05, 0) is 70.8 Å². The van der Waals surface area contributed by atoms with E-state index in [0.717, 1.165) is 19.3 Å². The van der Waals surface area contributed by atoms with Crippen LogP contribution in [0, 0.1) is 6.08 Å². The van der Waals surface area contributed by atoms with Crippen LogP contribution in [0.25, 0.3) is 6.08 Å². The van der Waals surface area contributed by atoms with E-state index < -0.39 is 8.07 Å². The molecule has 1 aliphatic carbocycles. The van der Waals surface area contributed by atoms with Gasteiger partial charge in [-0.15, -0.1) is 11.6 Å². The van der Waals surface area contributed by atoms with Crippen molar-refractivity contribution in [3.8, 4) is 0 Å². The second kappa shape index (κ2) is 19.8. The zero-order chi connectivity index (χ0) is 27.8. The molecule has 44 heavy (non-hydrogen) atoms. The molecule has 0 saturated carbocycles. The van der Waals surface area contributed by atoms with Crippen LogP contribution in [0.1, 0.15) is 92.7 Å². The van der Waals surface area contributed by atoms with Crippen LogP contribution >= 0.6 is 0 Å². The van der Waals surface area contributed by atoms with Gasteiger partial charge in [0.15, 0.2) is 0 Å². The van der Waals surface area contributed by atoms with Crippen molar-refractivity contribution in [1.29, 1.82) is 0 Å². The summed E-state index contributed by atoms with van der Waals surface area (Å²) in [6.45, 7) is 6.83. The topological polar surface area (TPSA) is 0 Å². The molecule has 1 atom stereocenters. The Hall–Kier alpha value is -1.58. The third kappa shape index (κ3) is 8.81. The van der Waals surface area contributed by atoms with Gasteiger partial charge in [0.1, 0.15) is 8.07 Å². The smallest absolute Gasteiger partial charge is 1.00 e. The van der Waals surface area contributed by atoms with Gasteiger partial charge in [-0.2, -0.15) is 5.56 Å². The molecule has 0 aromatic heterocycles. The molecule has 0 saturated heterocycles. The fraction of sp³-hybridized carbons (Fsp3) is 0.333. The van der Waals surface area contributed by atoms with Crippen LogP contribution in [0.4, 0.5) is 0 Å². The number of hydrogen-bond acceptors (Lipinski definition) is 0. The fourth-order valence-electron chi connectivity index (χ4n) is 6.47. The molecule has 1 aliphatic rings. The third-order valence-electron chi connectivity index (χ3n) is 8.83. The molecule has 4 aromatic rings. The number of halogens is 3. The van der Waals surface area contributed by atoms with E-state index in [9.17, 15) is 0 Å². The van der Waals surface area contributed by atoms with Gasteiger partial charge < -0.3 is 37.2 Å². The Bertz CT molecular complexity index is 1270. The molecule has 5 rings (SSSR count). The van der Waals surface area contributed by atoms with Crippen molar-refractivity contribution < 1.29 is 58.9 Å². The minimum absolute atomic E-state index is 0. The maximum atomic E-state index is 3.94. The summed E-state index contributed by atoms with van der Waals surface area (Å²) in [6, 6.07) is 38.2. The first-order valence-corrected chi connectivity index (χ1v) is 17.7. The molecule has 0 bridgehead atoms. The summed E-state index contributed by atoms with van der Waals surface area (Å²) in [5.41, 5.74) is 7.32. The van der Waals surface area contributed by atoms with E-state index in [0.29, 0.717) is 0 Å². The number of benzene rings is 4. The summed E-state index contributed by atoms with van der Waals surface area (Å²) in [4.78, 5) is 0. The molecule has 1 unspecified atom stereocenters. The van der Waals surface area contributed by atoms with Crippen molar-refractivity contribution in [2.45, 2.75) is 84.1 Å². The van der Waals surface area contributed by atoms with Crippen molar-refractivity contribution in [1.82, 2.24) is 0 Å². The molecule has 0 heterocycles. The van der Waals surface area contributed by atoms with Crippen molar-refractivity contribution in [2.75, 3.05) is 0 Å². The second-order valence-corrected chi connectivity index (χ2v) is 15.5. The molecule has 5 heteroatoms. The maximum Gasteiger partial charge on any atom is 4.00 e. The van der Waals surface area contributed by atoms with Gasteiger partial charge in [0.25, 0.3) is 0 Å². The van der Waals surface area contributed by atoms with Gasteiger partial charge in [-0.25, -0.2) is 6.08 Å². The average molecular weight is 696 g/mol. The van der Waals surface area contributed by atoms with Crippen molar-refractivity contribution >= 4 is 29.7 Å². The van der Waals surface area contributed by atoms with E-state index in [1.807, 2.05) is 0 Å². The first-order chi connectivity index (χ1) is 19.7. The largest absolute Gasteiger partial charge is 4.00 e. The molecule has 0 N–H and O–H groups in total. The summed E-state index contributed by atoms with van der Waals surface area (Å²) < 4.78 is 0. The van der Waals surface area contributed by atoms with Gasteiger partial charge in [0.2, 0.25) is 0 Å². The third-order valence-corrected chi connectivity index (χ3v) is 13.9. The summed E-state index contributed by atoms with van der Waals surface area (Å²) in [7, 11) is -2.55. The summed E-state index contributed by atoms with van der Waals surface area (Å²) in [5, 5.41) is 4.45. The minimum atomic E-state index is -2.55.